The Morgan fingerprint density at radius 1 is 1.07 bits per heavy atom. The van der Waals surface area contributed by atoms with E-state index in [0.717, 1.165) is 70.8 Å². The molecule has 0 aromatic carbocycles. The van der Waals surface area contributed by atoms with Gasteiger partial charge in [0.2, 0.25) is 5.91 Å². The number of likely N-dealkylation sites (tertiary alicyclic amines) is 1. The maximum absolute atomic E-state index is 13.1. The summed E-state index contributed by atoms with van der Waals surface area (Å²) in [6, 6.07) is 6.39. The van der Waals surface area contributed by atoms with Gasteiger partial charge in [-0.3, -0.25) is 9.69 Å². The predicted molar refractivity (Wildman–Crippen MR) is 115 cm³/mol. The minimum atomic E-state index is 0.125. The molecular formula is C23H33N5O2. The Balaban J connectivity index is 1.24. The number of morpholine rings is 1. The molecule has 3 aliphatic rings. The molecule has 0 aliphatic carbocycles. The molecule has 7 heteroatoms. The molecule has 1 aromatic rings. The van der Waals surface area contributed by atoms with E-state index in [1.165, 1.54) is 0 Å². The van der Waals surface area contributed by atoms with Gasteiger partial charge in [0.15, 0.2) is 0 Å². The fraction of sp³-hybridized carbons (Fsp3) is 0.696. The van der Waals surface area contributed by atoms with Crippen LogP contribution in [0.3, 0.4) is 0 Å². The first-order valence-corrected chi connectivity index (χ1v) is 11.3. The molecule has 0 saturated carbocycles. The van der Waals surface area contributed by atoms with Crippen LogP contribution in [0.5, 0.6) is 0 Å². The average Bonchev–Trinajstić information content (AvgIpc) is 2.78. The summed E-state index contributed by atoms with van der Waals surface area (Å²) in [7, 11) is 0. The van der Waals surface area contributed by atoms with Gasteiger partial charge in [0.1, 0.15) is 11.9 Å². The molecule has 0 radical (unpaired) electrons. The summed E-state index contributed by atoms with van der Waals surface area (Å²) in [5.41, 5.74) is 0.577. The Labute approximate surface area is 179 Å². The Morgan fingerprint density at radius 2 is 1.73 bits per heavy atom. The van der Waals surface area contributed by atoms with E-state index >= 15 is 0 Å². The third kappa shape index (κ3) is 4.76. The number of rotatable bonds is 3. The molecule has 0 unspecified atom stereocenters. The molecule has 0 N–H and O–H groups in total. The van der Waals surface area contributed by atoms with E-state index in [1.807, 2.05) is 6.07 Å². The van der Waals surface area contributed by atoms with Gasteiger partial charge < -0.3 is 14.5 Å². The molecule has 3 fully saturated rings. The molecule has 4 heterocycles. The second-order valence-electron chi connectivity index (χ2n) is 9.05. The van der Waals surface area contributed by atoms with Crippen LogP contribution in [-0.2, 0) is 9.53 Å². The summed E-state index contributed by atoms with van der Waals surface area (Å²) < 4.78 is 5.87. The Kier molecular flexibility index (Phi) is 6.55. The van der Waals surface area contributed by atoms with Crippen LogP contribution < -0.4 is 4.90 Å². The van der Waals surface area contributed by atoms with Crippen LogP contribution in [0.2, 0.25) is 0 Å². The van der Waals surface area contributed by atoms with Gasteiger partial charge in [-0.25, -0.2) is 4.98 Å². The Morgan fingerprint density at radius 3 is 2.30 bits per heavy atom. The minimum Gasteiger partial charge on any atom is -0.373 e. The Hall–Kier alpha value is -2.17. The summed E-state index contributed by atoms with van der Waals surface area (Å²) in [5.74, 6) is 1.36. The fourth-order valence-corrected chi connectivity index (χ4v) is 5.22. The highest BCUT2D eigenvalue weighted by Crippen LogP contribution is 2.26. The molecule has 2 atom stereocenters. The lowest BCUT2D eigenvalue weighted by atomic mass is 9.93. The first-order chi connectivity index (χ1) is 14.5. The number of carbonyl (C=O) groups is 1. The SMILES string of the molecule is C[C@@H]1CN(C2CCN(C(=O)C3CCN(c4ccc(C#N)cn4)CC3)CC2)C[C@H](C)O1. The van der Waals surface area contributed by atoms with Crippen LogP contribution in [0.1, 0.15) is 45.1 Å². The van der Waals surface area contributed by atoms with Crippen molar-refractivity contribution in [3.63, 3.8) is 0 Å². The molecule has 4 rings (SSSR count). The van der Waals surface area contributed by atoms with Crippen LogP contribution in [-0.4, -0.2) is 78.2 Å². The van der Waals surface area contributed by atoms with E-state index < -0.39 is 0 Å². The van der Waals surface area contributed by atoms with Crippen molar-refractivity contribution >= 4 is 11.7 Å². The molecule has 1 aromatic heterocycles. The lowest BCUT2D eigenvalue weighted by Crippen LogP contribution is -2.54. The van der Waals surface area contributed by atoms with Crippen LogP contribution in [0.4, 0.5) is 5.82 Å². The second-order valence-corrected chi connectivity index (χ2v) is 9.05. The third-order valence-corrected chi connectivity index (χ3v) is 6.79. The number of anilines is 1. The van der Waals surface area contributed by atoms with Gasteiger partial charge in [0.25, 0.3) is 0 Å². The first kappa shape index (κ1) is 21.1. The predicted octanol–water partition coefficient (Wildman–Crippen LogP) is 2.27. The number of hydrogen-bond donors (Lipinski definition) is 0. The molecule has 3 saturated heterocycles. The zero-order valence-electron chi connectivity index (χ0n) is 18.2. The van der Waals surface area contributed by atoms with E-state index in [9.17, 15) is 4.79 Å². The topological polar surface area (TPSA) is 72.7 Å². The largest absolute Gasteiger partial charge is 0.373 e. The lowest BCUT2D eigenvalue weighted by Gasteiger charge is -2.44. The van der Waals surface area contributed by atoms with E-state index in [-0.39, 0.29) is 5.92 Å². The zero-order chi connectivity index (χ0) is 21.1. The number of aromatic nitrogens is 1. The van der Waals surface area contributed by atoms with E-state index in [2.05, 4.69) is 39.6 Å². The molecule has 1 amide bonds. The zero-order valence-corrected chi connectivity index (χ0v) is 18.2. The van der Waals surface area contributed by atoms with Crippen molar-refractivity contribution in [3.8, 4) is 6.07 Å². The Bertz CT molecular complexity index is 751. The summed E-state index contributed by atoms with van der Waals surface area (Å²) in [6.45, 7) is 9.75. The number of carbonyl (C=O) groups excluding carboxylic acids is 1. The first-order valence-electron chi connectivity index (χ1n) is 11.3. The maximum atomic E-state index is 13.1. The highest BCUT2D eigenvalue weighted by molar-refractivity contribution is 5.79. The molecule has 7 nitrogen and oxygen atoms in total. The van der Waals surface area contributed by atoms with E-state index in [0.29, 0.717) is 29.7 Å². The van der Waals surface area contributed by atoms with Gasteiger partial charge in [-0.05, 0) is 51.7 Å². The quantitative estimate of drug-likeness (QED) is 0.760. The minimum absolute atomic E-state index is 0.125. The normalized spacial score (nSPS) is 27.1. The highest BCUT2D eigenvalue weighted by atomic mass is 16.5. The number of nitriles is 1. The van der Waals surface area contributed by atoms with Gasteiger partial charge in [0, 0.05) is 57.4 Å². The number of amides is 1. The van der Waals surface area contributed by atoms with Gasteiger partial charge >= 0.3 is 0 Å². The number of nitrogens with zero attached hydrogens (tertiary/aromatic N) is 5. The summed E-state index contributed by atoms with van der Waals surface area (Å²) >= 11 is 0. The molecular weight excluding hydrogens is 378 g/mol. The molecule has 3 aliphatic heterocycles. The fourth-order valence-electron chi connectivity index (χ4n) is 5.22. The summed E-state index contributed by atoms with van der Waals surface area (Å²) in [4.78, 5) is 24.4. The number of pyridine rings is 1. The molecule has 162 valence electrons. The monoisotopic (exact) mass is 411 g/mol. The van der Waals surface area contributed by atoms with Crippen molar-refractivity contribution < 1.29 is 9.53 Å². The van der Waals surface area contributed by atoms with Crippen molar-refractivity contribution in [2.75, 3.05) is 44.2 Å². The van der Waals surface area contributed by atoms with Crippen LogP contribution in [0.15, 0.2) is 18.3 Å². The van der Waals surface area contributed by atoms with Crippen LogP contribution in [0, 0.1) is 17.2 Å². The average molecular weight is 412 g/mol. The van der Waals surface area contributed by atoms with E-state index in [1.54, 1.807) is 12.3 Å². The smallest absolute Gasteiger partial charge is 0.225 e. The number of hydrogen-bond acceptors (Lipinski definition) is 6. The van der Waals surface area contributed by atoms with Crippen molar-refractivity contribution in [1.82, 2.24) is 14.8 Å². The van der Waals surface area contributed by atoms with Crippen molar-refractivity contribution in [2.24, 2.45) is 5.92 Å². The van der Waals surface area contributed by atoms with E-state index in [4.69, 9.17) is 10.00 Å². The van der Waals surface area contributed by atoms with Gasteiger partial charge in [-0.15, -0.1) is 0 Å². The molecule has 30 heavy (non-hydrogen) atoms. The maximum Gasteiger partial charge on any atom is 0.225 e. The summed E-state index contributed by atoms with van der Waals surface area (Å²) in [5, 5.41) is 8.92. The van der Waals surface area contributed by atoms with Crippen LogP contribution in [0.25, 0.3) is 0 Å². The van der Waals surface area contributed by atoms with Gasteiger partial charge in [0.05, 0.1) is 17.8 Å². The molecule has 0 spiro atoms. The lowest BCUT2D eigenvalue weighted by molar-refractivity contribution is -0.139. The van der Waals surface area contributed by atoms with Gasteiger partial charge in [-0.2, -0.15) is 5.26 Å². The highest BCUT2D eigenvalue weighted by Gasteiger charge is 2.34. The number of ether oxygens (including phenoxy) is 1. The summed E-state index contributed by atoms with van der Waals surface area (Å²) in [6.07, 6.45) is 6.09. The van der Waals surface area contributed by atoms with Crippen molar-refractivity contribution in [1.29, 1.82) is 5.26 Å². The van der Waals surface area contributed by atoms with Crippen LogP contribution >= 0.6 is 0 Å². The second kappa shape index (κ2) is 9.32. The third-order valence-electron chi connectivity index (χ3n) is 6.79. The van der Waals surface area contributed by atoms with Crippen molar-refractivity contribution in [2.45, 2.75) is 57.8 Å². The van der Waals surface area contributed by atoms with Gasteiger partial charge in [-0.1, -0.05) is 0 Å². The standard InChI is InChI=1S/C23H33N5O2/c1-17-15-28(16-18(2)30-17)21-7-11-27(12-8-21)23(29)20-5-9-26(10-6-20)22-4-3-19(13-24)14-25-22/h3-4,14,17-18,20-21H,5-12,15-16H2,1-2H3/t17-,18+. The van der Waals surface area contributed by atoms with Crippen molar-refractivity contribution in [3.05, 3.63) is 23.9 Å². The number of piperidine rings is 2. The molecule has 0 bridgehead atoms.